The second-order valence-corrected chi connectivity index (χ2v) is 9.12. The summed E-state index contributed by atoms with van der Waals surface area (Å²) < 4.78 is 0. The van der Waals surface area contributed by atoms with E-state index in [4.69, 9.17) is 10.2 Å². The van der Waals surface area contributed by atoms with Gasteiger partial charge in [0.2, 0.25) is 11.8 Å². The molecule has 3 N–H and O–H groups in total. The number of carboxylic acid groups (broad SMARTS) is 1. The first-order chi connectivity index (χ1) is 15.5. The molecule has 0 saturated carbocycles. The van der Waals surface area contributed by atoms with Crippen molar-refractivity contribution in [3.8, 4) is 0 Å². The van der Waals surface area contributed by atoms with Crippen LogP contribution in [0.4, 0.5) is 0 Å². The zero-order valence-corrected chi connectivity index (χ0v) is 20.5. The van der Waals surface area contributed by atoms with Gasteiger partial charge in [-0.3, -0.25) is 14.9 Å². The second kappa shape index (κ2) is 22.8. The summed E-state index contributed by atoms with van der Waals surface area (Å²) in [5.74, 6) is -1.39. The van der Waals surface area contributed by atoms with Crippen molar-refractivity contribution in [2.45, 2.75) is 148 Å². The van der Waals surface area contributed by atoms with E-state index in [0.29, 0.717) is 19.3 Å². The highest BCUT2D eigenvalue weighted by Crippen LogP contribution is 2.14. The summed E-state index contributed by atoms with van der Waals surface area (Å²) in [6.45, 7) is 2.28. The molecule has 188 valence electrons. The van der Waals surface area contributed by atoms with Gasteiger partial charge in [0.1, 0.15) is 0 Å². The van der Waals surface area contributed by atoms with E-state index in [0.717, 1.165) is 12.8 Å². The number of carbonyl (C=O) groups excluding carboxylic acids is 2. The molecule has 1 unspecified atom stereocenters. The van der Waals surface area contributed by atoms with Crippen LogP contribution in [0.3, 0.4) is 0 Å². The molecule has 1 aliphatic heterocycles. The van der Waals surface area contributed by atoms with Crippen molar-refractivity contribution < 1.29 is 24.6 Å². The molecule has 0 aromatic rings. The molecule has 6 heteroatoms. The van der Waals surface area contributed by atoms with Crippen LogP contribution in [0.1, 0.15) is 142 Å². The van der Waals surface area contributed by atoms with Crippen LogP contribution in [-0.4, -0.2) is 34.1 Å². The minimum Gasteiger partial charge on any atom is -0.479 e. The van der Waals surface area contributed by atoms with Crippen LogP contribution < -0.4 is 5.32 Å². The molecule has 0 aromatic carbocycles. The van der Waals surface area contributed by atoms with Crippen LogP contribution in [0.5, 0.6) is 0 Å². The molecule has 1 aliphatic rings. The predicted octanol–water partition coefficient (Wildman–Crippen LogP) is 6.29. The fraction of sp³-hybridized carbons (Fsp3) is 0.885. The molecule has 1 rings (SSSR count). The highest BCUT2D eigenvalue weighted by atomic mass is 16.4. The van der Waals surface area contributed by atoms with Crippen LogP contribution in [0.2, 0.25) is 0 Å². The predicted molar refractivity (Wildman–Crippen MR) is 129 cm³/mol. The number of aliphatic hydroxyl groups is 1. The fourth-order valence-electron chi connectivity index (χ4n) is 3.87. The molecule has 1 fully saturated rings. The lowest BCUT2D eigenvalue weighted by Crippen LogP contribution is -2.18. The quantitative estimate of drug-likeness (QED) is 0.148. The number of nitrogens with one attached hydrogen (secondary N) is 1. The van der Waals surface area contributed by atoms with Crippen molar-refractivity contribution in [3.63, 3.8) is 0 Å². The maximum atomic E-state index is 10.5. The molecular weight excluding hydrogens is 406 g/mol. The Labute approximate surface area is 195 Å². The molecule has 0 aromatic heterocycles. The molecule has 1 atom stereocenters. The van der Waals surface area contributed by atoms with E-state index >= 15 is 0 Å². The maximum Gasteiger partial charge on any atom is 0.332 e. The van der Waals surface area contributed by atoms with Gasteiger partial charge in [-0.2, -0.15) is 0 Å². The molecule has 6 nitrogen and oxygen atoms in total. The molecule has 2 amide bonds. The van der Waals surface area contributed by atoms with E-state index in [1.165, 1.54) is 103 Å². The normalized spacial score (nSPS) is 14.1. The average Bonchev–Trinajstić information content (AvgIpc) is 3.15. The van der Waals surface area contributed by atoms with Gasteiger partial charge in [-0.05, 0) is 6.42 Å². The van der Waals surface area contributed by atoms with E-state index < -0.39 is 12.1 Å². The van der Waals surface area contributed by atoms with Crippen molar-refractivity contribution >= 4 is 17.8 Å². The Morgan fingerprint density at radius 1 is 0.688 bits per heavy atom. The van der Waals surface area contributed by atoms with Crippen LogP contribution in [0.25, 0.3) is 0 Å². The number of hydrogen-bond acceptors (Lipinski definition) is 4. The zero-order valence-electron chi connectivity index (χ0n) is 20.5. The zero-order chi connectivity index (χ0) is 23.9. The van der Waals surface area contributed by atoms with Gasteiger partial charge in [-0.1, -0.05) is 122 Å². The van der Waals surface area contributed by atoms with Crippen molar-refractivity contribution in [2.75, 3.05) is 0 Å². The minimum absolute atomic E-state index is 0.148. The van der Waals surface area contributed by atoms with Crippen molar-refractivity contribution in [3.05, 3.63) is 0 Å². The molecule has 0 radical (unpaired) electrons. The summed E-state index contributed by atoms with van der Waals surface area (Å²) in [4.78, 5) is 30.7. The number of hydrogen-bond donors (Lipinski definition) is 3. The molecular formula is C26H49NO5. The molecule has 32 heavy (non-hydrogen) atoms. The van der Waals surface area contributed by atoms with Crippen molar-refractivity contribution in [1.29, 1.82) is 0 Å². The number of rotatable bonds is 20. The lowest BCUT2D eigenvalue weighted by molar-refractivity contribution is -0.147. The first kappa shape index (κ1) is 30.6. The molecule has 1 heterocycles. The highest BCUT2D eigenvalue weighted by Gasteiger charge is 2.15. The van der Waals surface area contributed by atoms with Gasteiger partial charge >= 0.3 is 5.97 Å². The third kappa shape index (κ3) is 21.8. The Kier molecular flexibility index (Phi) is 21.7. The molecule has 0 spiro atoms. The lowest BCUT2D eigenvalue weighted by Gasteiger charge is -2.05. The smallest absolute Gasteiger partial charge is 0.332 e. The number of unbranched alkanes of at least 4 members (excludes halogenated alkanes) is 17. The first-order valence-corrected chi connectivity index (χ1v) is 13.2. The topological polar surface area (TPSA) is 104 Å². The second-order valence-electron chi connectivity index (χ2n) is 9.12. The summed E-state index contributed by atoms with van der Waals surface area (Å²) >= 11 is 0. The number of aliphatic hydroxyl groups excluding tert-OH is 1. The summed E-state index contributed by atoms with van der Waals surface area (Å²) in [5, 5.41) is 19.9. The summed E-state index contributed by atoms with van der Waals surface area (Å²) in [6, 6.07) is 0. The van der Waals surface area contributed by atoms with Gasteiger partial charge in [-0.15, -0.1) is 0 Å². The Balaban J connectivity index is 0.00000115. The summed E-state index contributed by atoms with van der Waals surface area (Å²) in [7, 11) is 0. The van der Waals surface area contributed by atoms with E-state index in [2.05, 4.69) is 12.2 Å². The standard InChI is InChI=1S/C22H44O3.C4H5NO2/c1-2-3-4-5-6-7-8-9-10-11-12-13-14-15-16-17-18-19-20-21(23)22(24)25;6-3-1-2-4(7)5-3/h21,23H,2-20H2,1H3,(H,24,25);1-2H2,(H,5,6,7). The Morgan fingerprint density at radius 2 is 1.00 bits per heavy atom. The van der Waals surface area contributed by atoms with E-state index in [1.54, 1.807) is 0 Å². The average molecular weight is 456 g/mol. The molecule has 0 aliphatic carbocycles. The van der Waals surface area contributed by atoms with E-state index in [-0.39, 0.29) is 11.8 Å². The number of amides is 2. The Hall–Kier alpha value is -1.43. The SMILES string of the molecule is CCCCCCCCCCCCCCCCCCCCC(O)C(=O)O.O=C1CCC(=O)N1. The van der Waals surface area contributed by atoms with Gasteiger partial charge in [-0.25, -0.2) is 4.79 Å². The van der Waals surface area contributed by atoms with E-state index in [9.17, 15) is 14.4 Å². The van der Waals surface area contributed by atoms with Crippen LogP contribution in [0, 0.1) is 0 Å². The first-order valence-electron chi connectivity index (χ1n) is 13.2. The number of aliphatic carboxylic acids is 1. The van der Waals surface area contributed by atoms with E-state index in [1.807, 2.05) is 0 Å². The maximum absolute atomic E-state index is 10.5. The third-order valence-electron chi connectivity index (χ3n) is 5.97. The minimum atomic E-state index is -1.17. The van der Waals surface area contributed by atoms with Gasteiger partial charge in [0.05, 0.1) is 0 Å². The Morgan fingerprint density at radius 3 is 1.25 bits per heavy atom. The van der Waals surface area contributed by atoms with Crippen LogP contribution >= 0.6 is 0 Å². The van der Waals surface area contributed by atoms with Crippen LogP contribution in [-0.2, 0) is 14.4 Å². The number of imide groups is 1. The summed E-state index contributed by atoms with van der Waals surface area (Å²) in [6.07, 6.45) is 23.9. The third-order valence-corrected chi connectivity index (χ3v) is 5.97. The van der Waals surface area contributed by atoms with Crippen molar-refractivity contribution in [2.24, 2.45) is 0 Å². The Bertz CT molecular complexity index is 467. The van der Waals surface area contributed by atoms with Gasteiger partial charge in [0.15, 0.2) is 6.10 Å². The molecule has 0 bridgehead atoms. The van der Waals surface area contributed by atoms with Crippen LogP contribution in [0.15, 0.2) is 0 Å². The van der Waals surface area contributed by atoms with Gasteiger partial charge in [0.25, 0.3) is 0 Å². The van der Waals surface area contributed by atoms with Gasteiger partial charge in [0, 0.05) is 12.8 Å². The fourth-order valence-corrected chi connectivity index (χ4v) is 3.87. The number of carbonyl (C=O) groups is 3. The number of carboxylic acids is 1. The lowest BCUT2D eigenvalue weighted by atomic mass is 10.0. The molecule has 1 saturated heterocycles. The summed E-state index contributed by atoms with van der Waals surface area (Å²) in [5.41, 5.74) is 0. The van der Waals surface area contributed by atoms with Gasteiger partial charge < -0.3 is 10.2 Å². The monoisotopic (exact) mass is 455 g/mol. The largest absolute Gasteiger partial charge is 0.479 e. The van der Waals surface area contributed by atoms with Crippen molar-refractivity contribution in [1.82, 2.24) is 5.32 Å². The highest BCUT2D eigenvalue weighted by molar-refractivity contribution is 6.01.